The summed E-state index contributed by atoms with van der Waals surface area (Å²) in [5.41, 5.74) is -0.628. The highest BCUT2D eigenvalue weighted by Crippen LogP contribution is 2.66. The molecule has 0 amide bonds. The summed E-state index contributed by atoms with van der Waals surface area (Å²) in [5.74, 6) is -0.0472. The number of aryl methyl sites for hydroxylation is 1. The van der Waals surface area contributed by atoms with Crippen LogP contribution in [0.3, 0.4) is 0 Å². The summed E-state index contributed by atoms with van der Waals surface area (Å²) in [6.07, 6.45) is 6.26. The van der Waals surface area contributed by atoms with E-state index in [1.54, 1.807) is 12.5 Å². The number of hydrogen-bond donors (Lipinski definition) is 2. The Hall–Kier alpha value is -1.17. The van der Waals surface area contributed by atoms with Crippen LogP contribution in [0.4, 0.5) is 0 Å². The Labute approximate surface area is 148 Å². The fourth-order valence-electron chi connectivity index (χ4n) is 5.88. The molecule has 1 aromatic rings. The van der Waals surface area contributed by atoms with Crippen molar-refractivity contribution in [2.24, 2.45) is 22.7 Å². The molecule has 1 saturated heterocycles. The van der Waals surface area contributed by atoms with Gasteiger partial charge in [0, 0.05) is 12.3 Å². The first-order valence-electron chi connectivity index (χ1n) is 9.37. The molecule has 2 heterocycles. The minimum atomic E-state index is -0.956. The van der Waals surface area contributed by atoms with Gasteiger partial charge in [-0.2, -0.15) is 0 Å². The fraction of sp³-hybridized carbons (Fsp3) is 0.750. The first-order valence-corrected chi connectivity index (χ1v) is 9.37. The minimum absolute atomic E-state index is 0.0736. The Morgan fingerprint density at radius 3 is 2.76 bits per heavy atom. The summed E-state index contributed by atoms with van der Waals surface area (Å²) in [5, 5.41) is 21.3. The van der Waals surface area contributed by atoms with E-state index in [1.165, 1.54) is 0 Å². The number of carbonyl (C=O) groups excluding carboxylic acids is 1. The average Bonchev–Trinajstić information content (AvgIpc) is 3.17. The smallest absolute Gasteiger partial charge is 0.145 e. The number of furan rings is 1. The molecule has 2 N–H and O–H groups in total. The van der Waals surface area contributed by atoms with E-state index in [0.29, 0.717) is 25.9 Å². The first-order chi connectivity index (χ1) is 11.9. The van der Waals surface area contributed by atoms with Gasteiger partial charge in [-0.3, -0.25) is 4.79 Å². The molecular formula is C20H28O5. The summed E-state index contributed by atoms with van der Waals surface area (Å²) in [6, 6.07) is 1.96. The summed E-state index contributed by atoms with van der Waals surface area (Å²) in [6.45, 7) is 4.58. The third-order valence-electron chi connectivity index (χ3n) is 7.67. The number of epoxide rings is 1. The van der Waals surface area contributed by atoms with Crippen molar-refractivity contribution >= 4 is 5.78 Å². The van der Waals surface area contributed by atoms with E-state index in [2.05, 4.69) is 13.8 Å². The SMILES string of the molecule is C[C@@H]1CC(=O)[C@]2(CO)[C@H]([C@@H](O)CC[C@]23CO3)[C@@]1(C)CCc1ccoc1. The van der Waals surface area contributed by atoms with Crippen LogP contribution in [-0.4, -0.2) is 40.9 Å². The number of carbonyl (C=O) groups is 1. The van der Waals surface area contributed by atoms with E-state index < -0.39 is 17.1 Å². The van der Waals surface area contributed by atoms with E-state index in [4.69, 9.17) is 9.15 Å². The van der Waals surface area contributed by atoms with Gasteiger partial charge in [0.25, 0.3) is 0 Å². The van der Waals surface area contributed by atoms with Crippen LogP contribution in [0.15, 0.2) is 23.0 Å². The Balaban J connectivity index is 1.74. The van der Waals surface area contributed by atoms with Crippen molar-refractivity contribution < 1.29 is 24.2 Å². The molecular weight excluding hydrogens is 320 g/mol. The lowest BCUT2D eigenvalue weighted by Crippen LogP contribution is -2.68. The molecule has 6 atom stereocenters. The monoisotopic (exact) mass is 348 g/mol. The molecule has 1 aromatic heterocycles. The van der Waals surface area contributed by atoms with Crippen molar-refractivity contribution in [1.82, 2.24) is 0 Å². The maximum absolute atomic E-state index is 13.1. The highest BCUT2D eigenvalue weighted by molar-refractivity contribution is 5.89. The van der Waals surface area contributed by atoms with Gasteiger partial charge in [0.05, 0.1) is 37.3 Å². The van der Waals surface area contributed by atoms with Crippen LogP contribution < -0.4 is 0 Å². The maximum atomic E-state index is 13.1. The molecule has 3 fully saturated rings. The van der Waals surface area contributed by atoms with Gasteiger partial charge in [-0.05, 0) is 48.6 Å². The number of fused-ring (bicyclic) bond motifs is 2. The van der Waals surface area contributed by atoms with Crippen molar-refractivity contribution in [3.8, 4) is 0 Å². The average molecular weight is 348 g/mol. The van der Waals surface area contributed by atoms with Crippen LogP contribution >= 0.6 is 0 Å². The lowest BCUT2D eigenvalue weighted by Gasteiger charge is -2.60. The molecule has 1 spiro atoms. The number of aliphatic hydroxyl groups excluding tert-OH is 2. The molecule has 138 valence electrons. The molecule has 1 aliphatic heterocycles. The van der Waals surface area contributed by atoms with E-state index in [9.17, 15) is 15.0 Å². The molecule has 2 saturated carbocycles. The fourth-order valence-corrected chi connectivity index (χ4v) is 5.88. The van der Waals surface area contributed by atoms with Gasteiger partial charge < -0.3 is 19.4 Å². The Kier molecular flexibility index (Phi) is 3.91. The zero-order chi connectivity index (χ0) is 17.9. The van der Waals surface area contributed by atoms with Gasteiger partial charge in [0.15, 0.2) is 0 Å². The molecule has 5 nitrogen and oxygen atoms in total. The largest absolute Gasteiger partial charge is 0.472 e. The third kappa shape index (κ3) is 2.22. The maximum Gasteiger partial charge on any atom is 0.145 e. The number of rotatable bonds is 4. The Bertz CT molecular complexity index is 649. The van der Waals surface area contributed by atoms with Crippen molar-refractivity contribution in [1.29, 1.82) is 0 Å². The highest BCUT2D eigenvalue weighted by Gasteiger charge is 2.75. The number of ether oxygens (including phenoxy) is 1. The van der Waals surface area contributed by atoms with Crippen molar-refractivity contribution in [2.75, 3.05) is 13.2 Å². The van der Waals surface area contributed by atoms with E-state index in [1.807, 2.05) is 6.07 Å². The quantitative estimate of drug-likeness (QED) is 0.816. The molecule has 3 aliphatic rings. The zero-order valence-electron chi connectivity index (χ0n) is 15.0. The Morgan fingerprint density at radius 2 is 2.16 bits per heavy atom. The Morgan fingerprint density at radius 1 is 1.40 bits per heavy atom. The zero-order valence-corrected chi connectivity index (χ0v) is 15.0. The van der Waals surface area contributed by atoms with Crippen LogP contribution in [-0.2, 0) is 16.0 Å². The van der Waals surface area contributed by atoms with Gasteiger partial charge in [0.1, 0.15) is 11.4 Å². The molecule has 0 bridgehead atoms. The van der Waals surface area contributed by atoms with E-state index >= 15 is 0 Å². The number of aliphatic hydroxyl groups is 2. The van der Waals surface area contributed by atoms with Crippen LogP contribution in [0, 0.1) is 22.7 Å². The molecule has 0 aromatic carbocycles. The molecule has 0 radical (unpaired) electrons. The summed E-state index contributed by atoms with van der Waals surface area (Å²) < 4.78 is 11.0. The summed E-state index contributed by atoms with van der Waals surface area (Å²) in [4.78, 5) is 13.1. The second-order valence-corrected chi connectivity index (χ2v) is 8.66. The minimum Gasteiger partial charge on any atom is -0.472 e. The van der Waals surface area contributed by atoms with Gasteiger partial charge in [-0.1, -0.05) is 13.8 Å². The van der Waals surface area contributed by atoms with Crippen LogP contribution in [0.1, 0.15) is 45.1 Å². The molecule has 4 rings (SSSR count). The molecule has 2 aliphatic carbocycles. The predicted octanol–water partition coefficient (Wildman–Crippen LogP) is 2.35. The third-order valence-corrected chi connectivity index (χ3v) is 7.67. The topological polar surface area (TPSA) is 83.2 Å². The first kappa shape index (κ1) is 17.3. The number of ketones is 1. The second-order valence-electron chi connectivity index (χ2n) is 8.66. The highest BCUT2D eigenvalue weighted by atomic mass is 16.6. The van der Waals surface area contributed by atoms with Crippen molar-refractivity contribution in [3.05, 3.63) is 24.2 Å². The normalized spacial score (nSPS) is 46.2. The van der Waals surface area contributed by atoms with Crippen LogP contribution in [0.25, 0.3) is 0 Å². The summed E-state index contributed by atoms with van der Waals surface area (Å²) >= 11 is 0. The lowest BCUT2D eigenvalue weighted by atomic mass is 9.43. The van der Waals surface area contributed by atoms with Crippen LogP contribution in [0.2, 0.25) is 0 Å². The van der Waals surface area contributed by atoms with Gasteiger partial charge in [0.2, 0.25) is 0 Å². The predicted molar refractivity (Wildman–Crippen MR) is 90.9 cm³/mol. The van der Waals surface area contributed by atoms with Gasteiger partial charge >= 0.3 is 0 Å². The van der Waals surface area contributed by atoms with E-state index in [0.717, 1.165) is 18.4 Å². The van der Waals surface area contributed by atoms with E-state index in [-0.39, 0.29) is 29.6 Å². The standard InChI is InChI=1S/C20H28O5/c1-13-9-16(23)20(11-21)17(15(22)4-7-19(20)12-25-19)18(13,2)6-3-14-5-8-24-10-14/h5,8,10,13,15,17,21-22H,3-4,6-7,9,11-12H2,1-2H3/t13-,15+,17-,18+,19+,20-/m1/s1. The number of hydrogen-bond acceptors (Lipinski definition) is 5. The molecule has 5 heteroatoms. The lowest BCUT2D eigenvalue weighted by molar-refractivity contribution is -0.197. The summed E-state index contributed by atoms with van der Waals surface area (Å²) in [7, 11) is 0. The molecule has 25 heavy (non-hydrogen) atoms. The van der Waals surface area contributed by atoms with Crippen molar-refractivity contribution in [2.45, 2.75) is 57.7 Å². The van der Waals surface area contributed by atoms with Crippen molar-refractivity contribution in [3.63, 3.8) is 0 Å². The van der Waals surface area contributed by atoms with Crippen LogP contribution in [0.5, 0.6) is 0 Å². The van der Waals surface area contributed by atoms with Gasteiger partial charge in [-0.15, -0.1) is 0 Å². The second kappa shape index (κ2) is 5.66. The van der Waals surface area contributed by atoms with Gasteiger partial charge in [-0.25, -0.2) is 0 Å². The molecule has 0 unspecified atom stereocenters. The number of Topliss-reactive ketones (excluding diaryl/α,β-unsaturated/α-hetero) is 1.